The summed E-state index contributed by atoms with van der Waals surface area (Å²) in [6.07, 6.45) is 3.13. The van der Waals surface area contributed by atoms with Crippen molar-refractivity contribution in [1.29, 1.82) is 0 Å². The smallest absolute Gasteiger partial charge is 0.308 e. The molecular formula is C26H37N3O3. The number of aryl methyl sites for hydroxylation is 2. The standard InChI is InChI=1S/C26H37N3O3/c1-9-10-11-24(30)31-19(3)32-25(23-16-18(2)28-29(23)8)22(17-27-7)20-12-14-21(15-13-20)26(4,5)6/h12-17,19H,9-11H2,1-8H3/b25-22-,27-17-. The fourth-order valence-corrected chi connectivity index (χ4v) is 3.38. The van der Waals surface area contributed by atoms with Crippen LogP contribution in [0.1, 0.15) is 76.4 Å². The minimum atomic E-state index is -0.751. The third kappa shape index (κ3) is 6.81. The molecular weight excluding hydrogens is 402 g/mol. The molecule has 6 nitrogen and oxygen atoms in total. The van der Waals surface area contributed by atoms with Crippen LogP contribution in [-0.4, -0.2) is 35.3 Å². The summed E-state index contributed by atoms with van der Waals surface area (Å²) in [7, 11) is 3.59. The maximum Gasteiger partial charge on any atom is 0.308 e. The van der Waals surface area contributed by atoms with Crippen LogP contribution in [0, 0.1) is 6.92 Å². The molecule has 0 aliphatic heterocycles. The molecule has 1 atom stereocenters. The van der Waals surface area contributed by atoms with Gasteiger partial charge in [0.15, 0.2) is 5.76 Å². The molecule has 0 radical (unpaired) electrons. The molecule has 0 saturated carbocycles. The molecule has 0 bridgehead atoms. The summed E-state index contributed by atoms with van der Waals surface area (Å²) in [6, 6.07) is 10.3. The molecule has 1 aromatic heterocycles. The van der Waals surface area contributed by atoms with Gasteiger partial charge < -0.3 is 9.47 Å². The summed E-state index contributed by atoms with van der Waals surface area (Å²) in [5.41, 5.74) is 4.71. The Kier molecular flexibility index (Phi) is 8.81. The molecule has 6 heteroatoms. The van der Waals surface area contributed by atoms with Crippen molar-refractivity contribution in [1.82, 2.24) is 9.78 Å². The Balaban J connectivity index is 2.52. The van der Waals surface area contributed by atoms with Gasteiger partial charge in [0.1, 0.15) is 5.69 Å². The zero-order chi connectivity index (χ0) is 23.9. The van der Waals surface area contributed by atoms with Crippen LogP contribution < -0.4 is 0 Å². The van der Waals surface area contributed by atoms with E-state index < -0.39 is 6.29 Å². The molecule has 1 heterocycles. The fraction of sp³-hybridized carbons (Fsp3) is 0.500. The Hall–Kier alpha value is -2.89. The fourth-order valence-electron chi connectivity index (χ4n) is 3.38. The molecule has 0 saturated heterocycles. The van der Waals surface area contributed by atoms with Crippen molar-refractivity contribution in [2.24, 2.45) is 12.0 Å². The Morgan fingerprint density at radius 1 is 1.22 bits per heavy atom. The summed E-state index contributed by atoms with van der Waals surface area (Å²) in [5, 5.41) is 4.47. The van der Waals surface area contributed by atoms with Crippen LogP contribution in [0.2, 0.25) is 0 Å². The number of carbonyl (C=O) groups excluding carboxylic acids is 1. The van der Waals surface area contributed by atoms with Crippen molar-refractivity contribution >= 4 is 23.5 Å². The molecule has 0 N–H and O–H groups in total. The van der Waals surface area contributed by atoms with Gasteiger partial charge in [-0.1, -0.05) is 58.4 Å². The van der Waals surface area contributed by atoms with Gasteiger partial charge >= 0.3 is 5.97 Å². The molecule has 0 fully saturated rings. The monoisotopic (exact) mass is 439 g/mol. The van der Waals surface area contributed by atoms with E-state index in [2.05, 4.69) is 55.1 Å². The van der Waals surface area contributed by atoms with E-state index in [0.29, 0.717) is 12.2 Å². The van der Waals surface area contributed by atoms with Crippen LogP contribution in [-0.2, 0) is 26.7 Å². The van der Waals surface area contributed by atoms with Gasteiger partial charge in [-0.15, -0.1) is 0 Å². The normalized spacial score (nSPS) is 13.8. The number of aromatic nitrogens is 2. The van der Waals surface area contributed by atoms with Crippen molar-refractivity contribution in [3.63, 3.8) is 0 Å². The summed E-state index contributed by atoms with van der Waals surface area (Å²) < 4.78 is 13.5. The van der Waals surface area contributed by atoms with E-state index in [0.717, 1.165) is 35.4 Å². The second kappa shape index (κ2) is 11.1. The van der Waals surface area contributed by atoms with Crippen molar-refractivity contribution < 1.29 is 14.3 Å². The maximum absolute atomic E-state index is 12.1. The first-order chi connectivity index (χ1) is 15.1. The number of nitrogens with zero attached hydrogens (tertiary/aromatic N) is 3. The summed E-state index contributed by atoms with van der Waals surface area (Å²) in [4.78, 5) is 16.4. The van der Waals surface area contributed by atoms with E-state index in [9.17, 15) is 4.79 Å². The summed E-state index contributed by atoms with van der Waals surface area (Å²) in [5.74, 6) is 0.304. The highest BCUT2D eigenvalue weighted by molar-refractivity contribution is 6.18. The van der Waals surface area contributed by atoms with Crippen LogP contribution in [0.25, 0.3) is 11.3 Å². The van der Waals surface area contributed by atoms with Crippen LogP contribution >= 0.6 is 0 Å². The van der Waals surface area contributed by atoms with Crippen LogP contribution in [0.15, 0.2) is 35.3 Å². The van der Waals surface area contributed by atoms with Gasteiger partial charge in [0, 0.05) is 39.2 Å². The lowest BCUT2D eigenvalue weighted by Crippen LogP contribution is -2.19. The number of hydrogen-bond acceptors (Lipinski definition) is 5. The lowest BCUT2D eigenvalue weighted by molar-refractivity contribution is -0.164. The number of rotatable bonds is 9. The van der Waals surface area contributed by atoms with Crippen LogP contribution in [0.3, 0.4) is 0 Å². The highest BCUT2D eigenvalue weighted by Gasteiger charge is 2.21. The molecule has 2 rings (SSSR count). The molecule has 32 heavy (non-hydrogen) atoms. The first kappa shape index (κ1) is 25.4. The number of allylic oxidation sites excluding steroid dienone is 1. The molecule has 0 spiro atoms. The predicted molar refractivity (Wildman–Crippen MR) is 130 cm³/mol. The number of aliphatic imine (C=N–C) groups is 1. The second-order valence-electron chi connectivity index (χ2n) is 9.03. The Labute approximate surface area is 192 Å². The number of benzene rings is 1. The van der Waals surface area contributed by atoms with Gasteiger partial charge in [-0.25, -0.2) is 0 Å². The topological polar surface area (TPSA) is 65.7 Å². The van der Waals surface area contributed by atoms with Crippen molar-refractivity contribution in [2.45, 2.75) is 72.5 Å². The van der Waals surface area contributed by atoms with E-state index in [4.69, 9.17) is 9.47 Å². The zero-order valence-corrected chi connectivity index (χ0v) is 20.7. The molecule has 2 aromatic rings. The number of ether oxygens (including phenoxy) is 2. The van der Waals surface area contributed by atoms with Crippen LogP contribution in [0.4, 0.5) is 0 Å². The van der Waals surface area contributed by atoms with E-state index in [1.165, 1.54) is 5.56 Å². The van der Waals surface area contributed by atoms with E-state index in [1.54, 1.807) is 24.9 Å². The highest BCUT2D eigenvalue weighted by Crippen LogP contribution is 2.30. The highest BCUT2D eigenvalue weighted by atomic mass is 16.7. The summed E-state index contributed by atoms with van der Waals surface area (Å²) >= 11 is 0. The van der Waals surface area contributed by atoms with Crippen molar-refractivity contribution in [3.05, 3.63) is 52.8 Å². The molecule has 0 aliphatic carbocycles. The maximum atomic E-state index is 12.1. The molecule has 1 aromatic carbocycles. The second-order valence-corrected chi connectivity index (χ2v) is 9.03. The Morgan fingerprint density at radius 3 is 2.38 bits per heavy atom. The van der Waals surface area contributed by atoms with Gasteiger partial charge in [0.25, 0.3) is 0 Å². The van der Waals surface area contributed by atoms with E-state index in [-0.39, 0.29) is 11.4 Å². The van der Waals surface area contributed by atoms with Gasteiger partial charge in [-0.3, -0.25) is 14.5 Å². The van der Waals surface area contributed by atoms with Gasteiger partial charge in [0.2, 0.25) is 6.29 Å². The van der Waals surface area contributed by atoms with Gasteiger partial charge in [-0.05, 0) is 36.0 Å². The third-order valence-electron chi connectivity index (χ3n) is 5.12. The van der Waals surface area contributed by atoms with Crippen LogP contribution in [0.5, 0.6) is 0 Å². The van der Waals surface area contributed by atoms with E-state index in [1.807, 2.05) is 27.0 Å². The number of carbonyl (C=O) groups is 1. The van der Waals surface area contributed by atoms with Crippen molar-refractivity contribution in [2.75, 3.05) is 7.05 Å². The number of hydrogen-bond donors (Lipinski definition) is 0. The third-order valence-corrected chi connectivity index (χ3v) is 5.12. The minimum Gasteiger partial charge on any atom is -0.452 e. The quantitative estimate of drug-likeness (QED) is 0.218. The average molecular weight is 440 g/mol. The molecule has 0 aliphatic rings. The molecule has 0 amide bonds. The Morgan fingerprint density at radius 2 is 1.88 bits per heavy atom. The first-order valence-electron chi connectivity index (χ1n) is 11.2. The molecule has 1 unspecified atom stereocenters. The Bertz CT molecular complexity index is 963. The predicted octanol–water partition coefficient (Wildman–Crippen LogP) is 5.69. The summed E-state index contributed by atoms with van der Waals surface area (Å²) in [6.45, 7) is 12.3. The molecule has 174 valence electrons. The van der Waals surface area contributed by atoms with E-state index >= 15 is 0 Å². The van der Waals surface area contributed by atoms with Gasteiger partial charge in [0.05, 0.1) is 5.69 Å². The average Bonchev–Trinajstić information content (AvgIpc) is 3.06. The largest absolute Gasteiger partial charge is 0.452 e. The lowest BCUT2D eigenvalue weighted by Gasteiger charge is -2.21. The minimum absolute atomic E-state index is 0.0565. The number of unbranched alkanes of at least 4 members (excludes halogenated alkanes) is 1. The number of esters is 1. The SMILES string of the molecule is CCCCC(=O)OC(C)O/C(=C(/C=N\C)c1ccc(C(C)(C)C)cc1)c1cc(C)nn1C. The first-order valence-corrected chi connectivity index (χ1v) is 11.2. The van der Waals surface area contributed by atoms with Crippen molar-refractivity contribution in [3.8, 4) is 0 Å². The van der Waals surface area contributed by atoms with Gasteiger partial charge in [-0.2, -0.15) is 5.10 Å². The lowest BCUT2D eigenvalue weighted by atomic mass is 9.86. The zero-order valence-electron chi connectivity index (χ0n) is 20.7.